The molecule has 3 heterocycles. The number of fused-ring (bicyclic) bond motifs is 3. The number of likely N-dealkylation sites (N-methyl/N-ethyl adjacent to an activating group) is 1. The molecule has 0 N–H and O–H groups in total. The Hall–Kier alpha value is -5.28. The quantitative estimate of drug-likeness (QED) is 0.181. The van der Waals surface area contributed by atoms with Gasteiger partial charge in [-0.25, -0.2) is 9.38 Å². The summed E-state index contributed by atoms with van der Waals surface area (Å²) < 4.78 is 24.0. The van der Waals surface area contributed by atoms with Crippen LogP contribution in [-0.2, 0) is 11.3 Å². The summed E-state index contributed by atoms with van der Waals surface area (Å²) in [7, 11) is 1.62. The molecular formula is C40H37FN4O3S. The second-order valence-corrected chi connectivity index (χ2v) is 13.2. The van der Waals surface area contributed by atoms with Gasteiger partial charge in [-0.2, -0.15) is 0 Å². The van der Waals surface area contributed by atoms with Gasteiger partial charge in [0.15, 0.2) is 4.80 Å². The van der Waals surface area contributed by atoms with E-state index >= 15 is 0 Å². The van der Waals surface area contributed by atoms with Gasteiger partial charge in [0.25, 0.3) is 11.5 Å². The minimum Gasteiger partial charge on any atom is -0.496 e. The summed E-state index contributed by atoms with van der Waals surface area (Å²) in [6, 6.07) is 25.7. The van der Waals surface area contributed by atoms with Gasteiger partial charge in [-0.15, -0.1) is 0 Å². The largest absolute Gasteiger partial charge is 0.496 e. The van der Waals surface area contributed by atoms with Crippen LogP contribution in [0.4, 0.5) is 4.39 Å². The van der Waals surface area contributed by atoms with Crippen molar-refractivity contribution in [1.29, 1.82) is 0 Å². The maximum atomic E-state index is 14.7. The highest BCUT2D eigenvalue weighted by atomic mass is 32.1. The van der Waals surface area contributed by atoms with E-state index in [1.807, 2.05) is 82.3 Å². The lowest BCUT2D eigenvalue weighted by Gasteiger charge is -2.30. The number of carbonyl (C=O) groups is 1. The van der Waals surface area contributed by atoms with E-state index in [0.29, 0.717) is 46.0 Å². The standard InChI is InChI=1S/C40H37FN4O3S/c1-6-43(7-2)39(47)35-24(3)42-40-45(37(35)36-29-13-9-8-12-27(29)18-21-33(36)48-5)38(46)34(49-40)22-31-25(4)44(32-15-11-10-14-30(31)32)23-26-16-19-28(41)20-17-26/h8-22,37H,6-7,23H2,1-5H3/b34-22+/t37-/m0/s1. The van der Waals surface area contributed by atoms with E-state index in [-0.39, 0.29) is 17.3 Å². The molecule has 0 fully saturated rings. The molecule has 0 saturated carbocycles. The third-order valence-corrected chi connectivity index (χ3v) is 10.5. The summed E-state index contributed by atoms with van der Waals surface area (Å²) >= 11 is 1.32. The predicted octanol–water partition coefficient (Wildman–Crippen LogP) is 6.72. The smallest absolute Gasteiger partial charge is 0.271 e. The van der Waals surface area contributed by atoms with Crippen molar-refractivity contribution < 1.29 is 13.9 Å². The monoisotopic (exact) mass is 672 g/mol. The lowest BCUT2D eigenvalue weighted by Crippen LogP contribution is -2.43. The number of hydrogen-bond donors (Lipinski definition) is 0. The van der Waals surface area contributed by atoms with Crippen LogP contribution in [0.5, 0.6) is 5.75 Å². The molecule has 1 amide bonds. The van der Waals surface area contributed by atoms with Crippen LogP contribution in [0, 0.1) is 12.7 Å². The number of methoxy groups -OCH3 is 1. The van der Waals surface area contributed by atoms with Gasteiger partial charge in [-0.1, -0.05) is 72.0 Å². The number of nitrogens with zero attached hydrogens (tertiary/aromatic N) is 4. The van der Waals surface area contributed by atoms with Crippen LogP contribution in [0.3, 0.4) is 0 Å². The SMILES string of the molecule is CCN(CC)C(=O)C1=C(C)N=c2s/c(=C/c3c(C)n(Cc4ccc(F)cc4)c4ccccc34)c(=O)n2[C@@H]1c1c(OC)ccc2ccccc12. The molecule has 2 aromatic heterocycles. The fourth-order valence-corrected chi connectivity index (χ4v) is 8.06. The predicted molar refractivity (Wildman–Crippen MR) is 194 cm³/mol. The zero-order valence-electron chi connectivity index (χ0n) is 28.2. The summed E-state index contributed by atoms with van der Waals surface area (Å²) in [6.07, 6.45) is 1.95. The zero-order valence-corrected chi connectivity index (χ0v) is 29.0. The van der Waals surface area contributed by atoms with Crippen LogP contribution in [-0.4, -0.2) is 40.1 Å². The van der Waals surface area contributed by atoms with Gasteiger partial charge in [-0.3, -0.25) is 14.2 Å². The number of aromatic nitrogens is 2. The molecule has 6 aromatic rings. The molecular weight excluding hydrogens is 636 g/mol. The molecule has 7 rings (SSSR count). The molecule has 0 radical (unpaired) electrons. The molecule has 0 bridgehead atoms. The van der Waals surface area contributed by atoms with Gasteiger partial charge in [0.1, 0.15) is 17.6 Å². The van der Waals surface area contributed by atoms with Gasteiger partial charge in [-0.05, 0) is 74.4 Å². The molecule has 0 spiro atoms. The number of para-hydroxylation sites is 1. The summed E-state index contributed by atoms with van der Waals surface area (Å²) in [5.74, 6) is 0.170. The summed E-state index contributed by atoms with van der Waals surface area (Å²) in [5, 5.41) is 2.89. The fourth-order valence-electron chi connectivity index (χ4n) is 7.03. The second kappa shape index (κ2) is 13.0. The molecule has 4 aromatic carbocycles. The van der Waals surface area contributed by atoms with Gasteiger partial charge >= 0.3 is 0 Å². The van der Waals surface area contributed by atoms with E-state index in [4.69, 9.17) is 9.73 Å². The maximum absolute atomic E-state index is 14.7. The molecule has 7 nitrogen and oxygen atoms in total. The first-order valence-corrected chi connectivity index (χ1v) is 17.3. The van der Waals surface area contributed by atoms with Crippen molar-refractivity contribution in [3.8, 4) is 5.75 Å². The number of allylic oxidation sites excluding steroid dienone is 1. The fraction of sp³-hybridized carbons (Fsp3) is 0.225. The Balaban J connectivity index is 1.48. The molecule has 0 saturated heterocycles. The molecule has 1 aliphatic heterocycles. The first-order chi connectivity index (χ1) is 23.7. The van der Waals surface area contributed by atoms with Crippen LogP contribution in [0.1, 0.15) is 49.2 Å². The van der Waals surface area contributed by atoms with Crippen molar-refractivity contribution in [2.75, 3.05) is 20.2 Å². The van der Waals surface area contributed by atoms with Gasteiger partial charge in [0.2, 0.25) is 0 Å². The van der Waals surface area contributed by atoms with Crippen molar-refractivity contribution in [3.63, 3.8) is 0 Å². The zero-order chi connectivity index (χ0) is 34.4. The third-order valence-electron chi connectivity index (χ3n) is 9.54. The highest BCUT2D eigenvalue weighted by Gasteiger charge is 2.36. The van der Waals surface area contributed by atoms with Crippen molar-refractivity contribution in [2.24, 2.45) is 4.99 Å². The highest BCUT2D eigenvalue weighted by molar-refractivity contribution is 7.07. The normalized spacial score (nSPS) is 14.7. The van der Waals surface area contributed by atoms with E-state index < -0.39 is 6.04 Å². The topological polar surface area (TPSA) is 68.8 Å². The molecule has 49 heavy (non-hydrogen) atoms. The Bertz CT molecular complexity index is 2470. The Labute approximate surface area is 287 Å². The number of halogens is 1. The van der Waals surface area contributed by atoms with Gasteiger partial charge in [0.05, 0.1) is 22.9 Å². The molecule has 0 unspecified atom stereocenters. The van der Waals surface area contributed by atoms with Gasteiger partial charge in [0, 0.05) is 47.4 Å². The second-order valence-electron chi connectivity index (χ2n) is 12.2. The van der Waals surface area contributed by atoms with E-state index in [0.717, 1.165) is 44.1 Å². The lowest BCUT2D eigenvalue weighted by atomic mass is 9.90. The number of hydrogen-bond acceptors (Lipinski definition) is 5. The van der Waals surface area contributed by atoms with Crippen LogP contribution >= 0.6 is 11.3 Å². The van der Waals surface area contributed by atoms with E-state index in [2.05, 4.69) is 16.7 Å². The van der Waals surface area contributed by atoms with E-state index in [1.54, 1.807) is 28.7 Å². The van der Waals surface area contributed by atoms with Crippen molar-refractivity contribution in [2.45, 2.75) is 40.3 Å². The summed E-state index contributed by atoms with van der Waals surface area (Å²) in [4.78, 5) is 36.2. The number of rotatable bonds is 8. The first-order valence-electron chi connectivity index (χ1n) is 16.4. The Morgan fingerprint density at radius 3 is 2.37 bits per heavy atom. The van der Waals surface area contributed by atoms with E-state index in [9.17, 15) is 14.0 Å². The molecule has 9 heteroatoms. The number of thiazole rings is 1. The Morgan fingerprint density at radius 2 is 1.65 bits per heavy atom. The average molecular weight is 673 g/mol. The number of amides is 1. The van der Waals surface area contributed by atoms with E-state index in [1.165, 1.54) is 23.5 Å². The molecule has 1 aliphatic rings. The maximum Gasteiger partial charge on any atom is 0.271 e. The van der Waals surface area contributed by atoms with Crippen LogP contribution in [0.25, 0.3) is 27.8 Å². The van der Waals surface area contributed by atoms with Crippen molar-refractivity contribution in [1.82, 2.24) is 14.0 Å². The third kappa shape index (κ3) is 5.48. The Morgan fingerprint density at radius 1 is 0.959 bits per heavy atom. The minimum absolute atomic E-state index is 0.153. The number of benzene rings is 4. The molecule has 0 aliphatic carbocycles. The summed E-state index contributed by atoms with van der Waals surface area (Å²) in [6.45, 7) is 9.41. The molecule has 1 atom stereocenters. The number of carbonyl (C=O) groups excluding carboxylic acids is 1. The van der Waals surface area contributed by atoms with Crippen LogP contribution < -0.4 is 19.6 Å². The van der Waals surface area contributed by atoms with Crippen LogP contribution in [0.2, 0.25) is 0 Å². The van der Waals surface area contributed by atoms with Crippen molar-refractivity contribution in [3.05, 3.63) is 144 Å². The van der Waals surface area contributed by atoms with Crippen molar-refractivity contribution >= 4 is 45.0 Å². The minimum atomic E-state index is -0.756. The summed E-state index contributed by atoms with van der Waals surface area (Å²) in [5.41, 5.74) is 5.47. The average Bonchev–Trinajstić information content (AvgIpc) is 3.56. The lowest BCUT2D eigenvalue weighted by molar-refractivity contribution is -0.127. The van der Waals surface area contributed by atoms with Gasteiger partial charge < -0.3 is 14.2 Å². The molecule has 248 valence electrons. The Kier molecular flexibility index (Phi) is 8.54. The van der Waals surface area contributed by atoms with Crippen LogP contribution in [0.15, 0.2) is 106 Å². The number of ether oxygens (including phenoxy) is 1. The highest BCUT2D eigenvalue weighted by Crippen LogP contribution is 2.40. The first kappa shape index (κ1) is 32.3.